The van der Waals surface area contributed by atoms with Crippen molar-refractivity contribution in [2.24, 2.45) is 4.99 Å². The van der Waals surface area contributed by atoms with Gasteiger partial charge < -0.3 is 14.0 Å². The van der Waals surface area contributed by atoms with E-state index < -0.39 is 27.3 Å². The maximum absolute atomic E-state index is 13.5. The first-order valence-corrected chi connectivity index (χ1v) is 11.0. The minimum Gasteiger partial charge on any atom is -0.497 e. The number of fused-ring (bicyclic) bond motifs is 1. The van der Waals surface area contributed by atoms with Gasteiger partial charge in [-0.05, 0) is 42.5 Å². The van der Waals surface area contributed by atoms with Crippen molar-refractivity contribution in [3.05, 3.63) is 53.1 Å². The summed E-state index contributed by atoms with van der Waals surface area (Å²) in [5, 5.41) is 0. The second-order valence-corrected chi connectivity index (χ2v) is 9.08. The van der Waals surface area contributed by atoms with E-state index in [1.54, 1.807) is 10.6 Å². The second kappa shape index (κ2) is 8.85. The van der Waals surface area contributed by atoms with Gasteiger partial charge in [-0.1, -0.05) is 11.3 Å². The van der Waals surface area contributed by atoms with Crippen LogP contribution < -0.4 is 9.54 Å². The standard InChI is InChI=1S/C19H19FN2O5S2/c1-26-10-9-22-16-8-3-13(20)11-17(16)28-19(22)21-18(23)12-29(24,25)15-6-4-14(27-2)5-7-15/h3-8,11H,9-10,12H2,1-2H3. The first-order valence-electron chi connectivity index (χ1n) is 8.56. The number of halogens is 1. The number of carbonyl (C=O) groups is 1. The maximum Gasteiger partial charge on any atom is 0.263 e. The van der Waals surface area contributed by atoms with Gasteiger partial charge >= 0.3 is 0 Å². The summed E-state index contributed by atoms with van der Waals surface area (Å²) < 4.78 is 51.0. The molecule has 0 fully saturated rings. The van der Waals surface area contributed by atoms with Crippen LogP contribution >= 0.6 is 11.3 Å². The molecule has 0 aliphatic rings. The molecule has 0 bridgehead atoms. The summed E-state index contributed by atoms with van der Waals surface area (Å²) in [5.74, 6) is -1.47. The van der Waals surface area contributed by atoms with Crippen molar-refractivity contribution in [2.45, 2.75) is 11.4 Å². The van der Waals surface area contributed by atoms with Gasteiger partial charge in [0.2, 0.25) is 0 Å². The number of thiazole rings is 1. The van der Waals surface area contributed by atoms with Crippen molar-refractivity contribution in [1.29, 1.82) is 0 Å². The van der Waals surface area contributed by atoms with Gasteiger partial charge in [-0.3, -0.25) is 4.79 Å². The van der Waals surface area contributed by atoms with Crippen molar-refractivity contribution in [1.82, 2.24) is 4.57 Å². The van der Waals surface area contributed by atoms with Crippen LogP contribution in [0, 0.1) is 5.82 Å². The molecule has 2 aromatic carbocycles. The van der Waals surface area contributed by atoms with Crippen LogP contribution in [-0.2, 0) is 25.9 Å². The van der Waals surface area contributed by atoms with Crippen LogP contribution in [0.4, 0.5) is 4.39 Å². The highest BCUT2D eigenvalue weighted by Gasteiger charge is 2.20. The predicted molar refractivity (Wildman–Crippen MR) is 107 cm³/mol. The molecule has 0 aliphatic heterocycles. The topological polar surface area (TPSA) is 87.0 Å². The average molecular weight is 439 g/mol. The highest BCUT2D eigenvalue weighted by molar-refractivity contribution is 7.92. The number of benzene rings is 2. The average Bonchev–Trinajstić information content (AvgIpc) is 3.01. The first kappa shape index (κ1) is 21.2. The largest absolute Gasteiger partial charge is 0.497 e. The molecule has 154 valence electrons. The number of carbonyl (C=O) groups excluding carboxylic acids is 1. The van der Waals surface area contributed by atoms with E-state index in [4.69, 9.17) is 9.47 Å². The first-order chi connectivity index (χ1) is 13.8. The number of sulfone groups is 1. The number of ether oxygens (including phenoxy) is 2. The molecular weight excluding hydrogens is 419 g/mol. The fourth-order valence-electron chi connectivity index (χ4n) is 2.70. The summed E-state index contributed by atoms with van der Waals surface area (Å²) in [6, 6.07) is 10.0. The molecule has 0 N–H and O–H groups in total. The van der Waals surface area contributed by atoms with Crippen LogP contribution in [0.2, 0.25) is 0 Å². The molecule has 7 nitrogen and oxygen atoms in total. The molecule has 0 unspecified atom stereocenters. The minimum atomic E-state index is -3.86. The Morgan fingerprint density at radius 2 is 1.90 bits per heavy atom. The van der Waals surface area contributed by atoms with Gasteiger partial charge in [-0.25, -0.2) is 12.8 Å². The van der Waals surface area contributed by atoms with Crippen molar-refractivity contribution >= 4 is 37.3 Å². The van der Waals surface area contributed by atoms with Gasteiger partial charge in [0.25, 0.3) is 5.91 Å². The Labute approximate surface area is 171 Å². The molecule has 0 aliphatic carbocycles. The van der Waals surface area contributed by atoms with E-state index in [0.29, 0.717) is 29.1 Å². The van der Waals surface area contributed by atoms with Crippen LogP contribution in [-0.4, -0.2) is 45.5 Å². The Morgan fingerprint density at radius 1 is 1.17 bits per heavy atom. The van der Waals surface area contributed by atoms with E-state index in [1.165, 1.54) is 50.6 Å². The summed E-state index contributed by atoms with van der Waals surface area (Å²) in [4.78, 5) is 16.7. The van der Waals surface area contributed by atoms with Gasteiger partial charge in [-0.2, -0.15) is 4.99 Å². The van der Waals surface area contributed by atoms with E-state index in [1.807, 2.05) is 0 Å². The predicted octanol–water partition coefficient (Wildman–Crippen LogP) is 2.40. The Morgan fingerprint density at radius 3 is 2.55 bits per heavy atom. The molecule has 3 aromatic rings. The fourth-order valence-corrected chi connectivity index (χ4v) is 4.90. The highest BCUT2D eigenvalue weighted by atomic mass is 32.2. The summed E-state index contributed by atoms with van der Waals surface area (Å²) in [5.41, 5.74) is 0.693. The summed E-state index contributed by atoms with van der Waals surface area (Å²) in [6.45, 7) is 0.744. The molecule has 1 heterocycles. The van der Waals surface area contributed by atoms with Crippen molar-refractivity contribution in [3.63, 3.8) is 0 Å². The van der Waals surface area contributed by atoms with Crippen LogP contribution in [0.25, 0.3) is 10.2 Å². The minimum absolute atomic E-state index is 0.00696. The lowest BCUT2D eigenvalue weighted by atomic mass is 10.3. The third-order valence-electron chi connectivity index (χ3n) is 4.12. The third kappa shape index (κ3) is 4.89. The van der Waals surface area contributed by atoms with Gasteiger partial charge in [0.05, 0.1) is 28.8 Å². The van der Waals surface area contributed by atoms with E-state index in [-0.39, 0.29) is 9.70 Å². The Kier molecular flexibility index (Phi) is 6.46. The monoisotopic (exact) mass is 438 g/mol. The second-order valence-electron chi connectivity index (χ2n) is 6.08. The van der Waals surface area contributed by atoms with Gasteiger partial charge in [0.1, 0.15) is 17.3 Å². The summed E-state index contributed by atoms with van der Waals surface area (Å²) in [7, 11) is -0.846. The van der Waals surface area contributed by atoms with Gasteiger partial charge in [0.15, 0.2) is 14.6 Å². The lowest BCUT2D eigenvalue weighted by molar-refractivity contribution is -0.115. The van der Waals surface area contributed by atoms with Gasteiger partial charge in [-0.15, -0.1) is 0 Å². The third-order valence-corrected chi connectivity index (χ3v) is 6.77. The normalized spacial score (nSPS) is 12.4. The number of nitrogens with zero attached hydrogens (tertiary/aromatic N) is 2. The zero-order valence-corrected chi connectivity index (χ0v) is 17.4. The number of methoxy groups -OCH3 is 2. The Hall–Kier alpha value is -2.56. The van der Waals surface area contributed by atoms with E-state index in [9.17, 15) is 17.6 Å². The quantitative estimate of drug-likeness (QED) is 0.565. The molecule has 1 aromatic heterocycles. The van der Waals surface area contributed by atoms with Crippen LogP contribution in [0.1, 0.15) is 0 Å². The SMILES string of the molecule is COCCn1c(=NC(=O)CS(=O)(=O)c2ccc(OC)cc2)sc2cc(F)ccc21. The number of amides is 1. The zero-order chi connectivity index (χ0) is 21.0. The molecule has 0 radical (unpaired) electrons. The number of rotatable bonds is 7. The van der Waals surface area contributed by atoms with Gasteiger partial charge in [0, 0.05) is 13.7 Å². The highest BCUT2D eigenvalue weighted by Crippen LogP contribution is 2.19. The number of aromatic nitrogens is 1. The molecular formula is C19H19FN2O5S2. The van der Waals surface area contributed by atoms with E-state index in [0.717, 1.165) is 11.3 Å². The fraction of sp³-hybridized carbons (Fsp3) is 0.263. The lowest BCUT2D eigenvalue weighted by Gasteiger charge is -2.05. The molecule has 1 amide bonds. The van der Waals surface area contributed by atoms with Crippen molar-refractivity contribution in [2.75, 3.05) is 26.6 Å². The number of hydrogen-bond acceptors (Lipinski definition) is 6. The zero-order valence-electron chi connectivity index (χ0n) is 15.8. The molecule has 0 saturated heterocycles. The molecule has 29 heavy (non-hydrogen) atoms. The number of hydrogen-bond donors (Lipinski definition) is 0. The lowest BCUT2D eigenvalue weighted by Crippen LogP contribution is -2.22. The Balaban J connectivity index is 1.94. The molecule has 0 saturated carbocycles. The summed E-state index contributed by atoms with van der Waals surface area (Å²) >= 11 is 1.11. The van der Waals surface area contributed by atoms with E-state index >= 15 is 0 Å². The Bertz CT molecular complexity index is 1200. The van der Waals surface area contributed by atoms with E-state index in [2.05, 4.69) is 4.99 Å². The van der Waals surface area contributed by atoms with Crippen molar-refractivity contribution in [3.8, 4) is 5.75 Å². The molecule has 0 spiro atoms. The molecule has 3 rings (SSSR count). The van der Waals surface area contributed by atoms with Crippen molar-refractivity contribution < 1.29 is 27.1 Å². The smallest absolute Gasteiger partial charge is 0.263 e. The maximum atomic E-state index is 13.5. The molecule has 0 atom stereocenters. The summed E-state index contributed by atoms with van der Waals surface area (Å²) in [6.07, 6.45) is 0. The van der Waals surface area contributed by atoms with Crippen LogP contribution in [0.5, 0.6) is 5.75 Å². The molecule has 10 heteroatoms. The van der Waals surface area contributed by atoms with Crippen LogP contribution in [0.15, 0.2) is 52.4 Å². The van der Waals surface area contributed by atoms with Crippen LogP contribution in [0.3, 0.4) is 0 Å².